The molecule has 1 heterocycles. The monoisotopic (exact) mass is 278 g/mol. The van der Waals surface area contributed by atoms with Crippen molar-refractivity contribution in [2.24, 2.45) is 11.8 Å². The van der Waals surface area contributed by atoms with E-state index in [0.717, 1.165) is 24.8 Å². The summed E-state index contributed by atoms with van der Waals surface area (Å²) >= 11 is 1.84. The van der Waals surface area contributed by atoms with Gasteiger partial charge < -0.3 is 5.32 Å². The molecule has 0 saturated heterocycles. The fourth-order valence-electron chi connectivity index (χ4n) is 2.96. The number of thiazole rings is 1. The van der Waals surface area contributed by atoms with Crippen molar-refractivity contribution >= 4 is 11.3 Å². The molecule has 1 N–H and O–H groups in total. The Morgan fingerprint density at radius 2 is 2.32 bits per heavy atom. The van der Waals surface area contributed by atoms with Crippen LogP contribution in [0.25, 0.3) is 0 Å². The Morgan fingerprint density at radius 1 is 1.53 bits per heavy atom. The number of rotatable bonds is 5. The predicted octanol–water partition coefficient (Wildman–Crippen LogP) is 4.35. The van der Waals surface area contributed by atoms with E-state index in [1.165, 1.54) is 22.7 Å². The molecule has 0 saturated carbocycles. The first-order valence-corrected chi connectivity index (χ1v) is 8.25. The summed E-state index contributed by atoms with van der Waals surface area (Å²) in [4.78, 5) is 5.91. The summed E-state index contributed by atoms with van der Waals surface area (Å²) in [5.41, 5.74) is 1.56. The van der Waals surface area contributed by atoms with E-state index in [0.29, 0.717) is 6.04 Å². The third-order valence-corrected chi connectivity index (χ3v) is 5.21. The molecule has 2 nitrogen and oxygen atoms in total. The highest BCUT2D eigenvalue weighted by Crippen LogP contribution is 2.28. The van der Waals surface area contributed by atoms with Crippen molar-refractivity contribution < 1.29 is 0 Å². The van der Waals surface area contributed by atoms with Crippen molar-refractivity contribution in [2.75, 3.05) is 6.54 Å². The molecule has 0 fully saturated rings. The summed E-state index contributed by atoms with van der Waals surface area (Å²) in [6.45, 7) is 10.1. The fourth-order valence-corrected chi connectivity index (χ4v) is 3.84. The molecule has 1 aromatic heterocycles. The maximum Gasteiger partial charge on any atom is 0.109 e. The molecule has 106 valence electrons. The van der Waals surface area contributed by atoms with Crippen LogP contribution in [0.3, 0.4) is 0 Å². The molecule has 0 radical (unpaired) electrons. The Hall–Kier alpha value is -0.670. The van der Waals surface area contributed by atoms with Gasteiger partial charge in [0.15, 0.2) is 0 Å². The van der Waals surface area contributed by atoms with Gasteiger partial charge in [0.25, 0.3) is 0 Å². The first kappa shape index (κ1) is 14.7. The van der Waals surface area contributed by atoms with Crippen molar-refractivity contribution in [2.45, 2.75) is 53.0 Å². The zero-order chi connectivity index (χ0) is 13.8. The average Bonchev–Trinajstić information content (AvgIpc) is 2.83. The number of aryl methyl sites for hydroxylation is 1. The van der Waals surface area contributed by atoms with E-state index < -0.39 is 0 Å². The van der Waals surface area contributed by atoms with Gasteiger partial charge in [-0.1, -0.05) is 25.5 Å². The quantitative estimate of drug-likeness (QED) is 0.810. The molecule has 3 unspecified atom stereocenters. The van der Waals surface area contributed by atoms with Gasteiger partial charge in [0, 0.05) is 11.1 Å². The zero-order valence-electron chi connectivity index (χ0n) is 12.6. The molecule has 0 spiro atoms. The largest absolute Gasteiger partial charge is 0.308 e. The van der Waals surface area contributed by atoms with Crippen LogP contribution in [0.5, 0.6) is 0 Å². The highest BCUT2D eigenvalue weighted by Gasteiger charge is 2.19. The van der Waals surface area contributed by atoms with Crippen LogP contribution in [0.15, 0.2) is 17.8 Å². The van der Waals surface area contributed by atoms with Crippen LogP contribution in [0.1, 0.15) is 56.5 Å². The molecule has 3 heteroatoms. The Kier molecular flexibility index (Phi) is 5.17. The van der Waals surface area contributed by atoms with Crippen molar-refractivity contribution in [3.05, 3.63) is 27.7 Å². The second-order valence-corrected chi connectivity index (χ2v) is 7.09. The molecule has 0 aliphatic heterocycles. The molecular weight excluding hydrogens is 252 g/mol. The molecule has 1 aromatic rings. The lowest BCUT2D eigenvalue weighted by atomic mass is 9.83. The van der Waals surface area contributed by atoms with Crippen molar-refractivity contribution in [1.29, 1.82) is 0 Å². The van der Waals surface area contributed by atoms with Gasteiger partial charge in [0.1, 0.15) is 5.01 Å². The molecule has 1 aliphatic rings. The van der Waals surface area contributed by atoms with Crippen LogP contribution in [0.4, 0.5) is 0 Å². The maximum absolute atomic E-state index is 4.53. The number of allylic oxidation sites excluding steroid dienone is 2. The highest BCUT2D eigenvalue weighted by atomic mass is 32.1. The summed E-state index contributed by atoms with van der Waals surface area (Å²) in [5.74, 6) is 1.52. The molecule has 2 rings (SSSR count). The highest BCUT2D eigenvalue weighted by molar-refractivity contribution is 7.11. The molecule has 1 aliphatic carbocycles. The lowest BCUT2D eigenvalue weighted by molar-refractivity contribution is 0.366. The van der Waals surface area contributed by atoms with Crippen LogP contribution < -0.4 is 5.32 Å². The van der Waals surface area contributed by atoms with Crippen molar-refractivity contribution in [3.8, 4) is 0 Å². The second kappa shape index (κ2) is 6.67. The van der Waals surface area contributed by atoms with E-state index in [1.807, 2.05) is 17.5 Å². The number of nitrogens with zero attached hydrogens (tertiary/aromatic N) is 1. The van der Waals surface area contributed by atoms with Crippen LogP contribution in [0, 0.1) is 11.8 Å². The molecule has 0 bridgehead atoms. The summed E-state index contributed by atoms with van der Waals surface area (Å²) in [6, 6.07) is 0.381. The Morgan fingerprint density at radius 3 is 2.95 bits per heavy atom. The van der Waals surface area contributed by atoms with E-state index >= 15 is 0 Å². The van der Waals surface area contributed by atoms with E-state index in [-0.39, 0.29) is 0 Å². The van der Waals surface area contributed by atoms with Crippen LogP contribution in [-0.2, 0) is 6.42 Å². The summed E-state index contributed by atoms with van der Waals surface area (Å²) in [5, 5.41) is 4.90. The smallest absolute Gasteiger partial charge is 0.109 e. The average molecular weight is 278 g/mol. The first-order valence-electron chi connectivity index (χ1n) is 7.43. The second-order valence-electron chi connectivity index (χ2n) is 5.94. The molecule has 19 heavy (non-hydrogen) atoms. The third-order valence-electron chi connectivity index (χ3n) is 3.89. The van der Waals surface area contributed by atoms with Gasteiger partial charge in [-0.05, 0) is 51.5 Å². The van der Waals surface area contributed by atoms with Gasteiger partial charge in [0.2, 0.25) is 0 Å². The normalized spacial score (nSPS) is 25.2. The number of hydrogen-bond donors (Lipinski definition) is 1. The van der Waals surface area contributed by atoms with Crippen LogP contribution in [0.2, 0.25) is 0 Å². The Bertz CT molecular complexity index is 436. The van der Waals surface area contributed by atoms with E-state index in [9.17, 15) is 0 Å². The first-order chi connectivity index (χ1) is 9.08. The summed E-state index contributed by atoms with van der Waals surface area (Å²) < 4.78 is 0. The number of nitrogens with one attached hydrogen (secondary N) is 1. The van der Waals surface area contributed by atoms with Crippen LogP contribution >= 0.6 is 11.3 Å². The summed E-state index contributed by atoms with van der Waals surface area (Å²) in [7, 11) is 0. The fraction of sp³-hybridized carbons (Fsp3) is 0.688. The Labute approximate surface area is 121 Å². The summed E-state index contributed by atoms with van der Waals surface area (Å²) in [6.07, 6.45) is 8.10. The van der Waals surface area contributed by atoms with E-state index in [4.69, 9.17) is 0 Å². The molecular formula is C16H26N2S. The molecule has 3 atom stereocenters. The topological polar surface area (TPSA) is 24.9 Å². The van der Waals surface area contributed by atoms with Gasteiger partial charge in [-0.3, -0.25) is 0 Å². The number of hydrogen-bond acceptors (Lipinski definition) is 3. The van der Waals surface area contributed by atoms with Gasteiger partial charge in [-0.2, -0.15) is 0 Å². The minimum Gasteiger partial charge on any atom is -0.308 e. The number of aromatic nitrogens is 1. The minimum atomic E-state index is 0.381. The zero-order valence-corrected chi connectivity index (χ0v) is 13.4. The SMILES string of the molecule is CCc1cnc(C(C)NCC2CC(C)=CC(C)C2)s1. The third kappa shape index (κ3) is 4.15. The van der Waals surface area contributed by atoms with Crippen molar-refractivity contribution in [3.63, 3.8) is 0 Å². The molecule has 0 amide bonds. The molecule has 0 aromatic carbocycles. The van der Waals surface area contributed by atoms with E-state index in [1.54, 1.807) is 5.57 Å². The van der Waals surface area contributed by atoms with E-state index in [2.05, 4.69) is 44.1 Å². The lowest BCUT2D eigenvalue weighted by Gasteiger charge is -2.26. The maximum atomic E-state index is 4.53. The van der Waals surface area contributed by atoms with Crippen molar-refractivity contribution in [1.82, 2.24) is 10.3 Å². The lowest BCUT2D eigenvalue weighted by Crippen LogP contribution is -2.28. The van der Waals surface area contributed by atoms with Crippen LogP contribution in [-0.4, -0.2) is 11.5 Å². The predicted molar refractivity (Wildman–Crippen MR) is 83.6 cm³/mol. The standard InChI is InChI=1S/C16H26N2S/c1-5-15-10-18-16(19-15)13(4)17-9-14-7-11(2)6-12(3)8-14/h6,10-11,13-14,17H,5,7-9H2,1-4H3. The minimum absolute atomic E-state index is 0.381. The van der Waals surface area contributed by atoms with Gasteiger partial charge >= 0.3 is 0 Å². The Balaban J connectivity index is 1.83. The van der Waals surface area contributed by atoms with Gasteiger partial charge in [0.05, 0.1) is 6.04 Å². The van der Waals surface area contributed by atoms with Gasteiger partial charge in [-0.15, -0.1) is 11.3 Å². The van der Waals surface area contributed by atoms with Gasteiger partial charge in [-0.25, -0.2) is 4.98 Å².